The van der Waals surface area contributed by atoms with Gasteiger partial charge in [0.2, 0.25) is 5.95 Å². The van der Waals surface area contributed by atoms with Crippen molar-refractivity contribution in [2.45, 2.75) is 6.92 Å². The Morgan fingerprint density at radius 1 is 0.783 bits per heavy atom. The SMILES string of the molecule is Cc1cc(Nc2cccc(F)c2)nc(Nc2ccc(F)cc2)n1. The molecular formula is C17H14F2N4. The van der Waals surface area contributed by atoms with Gasteiger partial charge in [-0.1, -0.05) is 6.07 Å². The predicted octanol–water partition coefficient (Wildman–Crippen LogP) is 4.55. The van der Waals surface area contributed by atoms with Crippen molar-refractivity contribution in [3.63, 3.8) is 0 Å². The summed E-state index contributed by atoms with van der Waals surface area (Å²) < 4.78 is 26.2. The number of anilines is 4. The van der Waals surface area contributed by atoms with E-state index in [1.54, 1.807) is 30.3 Å². The molecule has 0 fully saturated rings. The topological polar surface area (TPSA) is 49.8 Å². The second kappa shape index (κ2) is 6.39. The van der Waals surface area contributed by atoms with Gasteiger partial charge in [0.05, 0.1) is 0 Å². The maximum atomic E-state index is 13.2. The average Bonchev–Trinajstić information content (AvgIpc) is 2.49. The van der Waals surface area contributed by atoms with Crippen LogP contribution >= 0.6 is 0 Å². The Kier molecular flexibility index (Phi) is 4.14. The summed E-state index contributed by atoms with van der Waals surface area (Å²) in [5, 5.41) is 6.04. The van der Waals surface area contributed by atoms with Gasteiger partial charge in [-0.25, -0.2) is 13.8 Å². The highest BCUT2D eigenvalue weighted by molar-refractivity contribution is 5.60. The van der Waals surface area contributed by atoms with Crippen LogP contribution in [-0.4, -0.2) is 9.97 Å². The van der Waals surface area contributed by atoms with E-state index in [0.29, 0.717) is 23.1 Å². The maximum absolute atomic E-state index is 13.2. The first-order valence-corrected chi connectivity index (χ1v) is 6.99. The molecule has 0 aliphatic heterocycles. The van der Waals surface area contributed by atoms with Crippen molar-refractivity contribution in [1.82, 2.24) is 9.97 Å². The number of rotatable bonds is 4. The molecular weight excluding hydrogens is 298 g/mol. The van der Waals surface area contributed by atoms with Crippen molar-refractivity contribution >= 4 is 23.1 Å². The Morgan fingerprint density at radius 2 is 1.57 bits per heavy atom. The number of hydrogen-bond acceptors (Lipinski definition) is 4. The van der Waals surface area contributed by atoms with E-state index in [1.807, 2.05) is 6.92 Å². The molecule has 0 saturated carbocycles. The lowest BCUT2D eigenvalue weighted by Gasteiger charge is -2.10. The first kappa shape index (κ1) is 14.9. The summed E-state index contributed by atoms with van der Waals surface area (Å²) >= 11 is 0. The Hall–Kier alpha value is -3.02. The van der Waals surface area contributed by atoms with E-state index in [1.165, 1.54) is 24.3 Å². The number of aryl methyl sites for hydroxylation is 1. The van der Waals surface area contributed by atoms with E-state index in [0.717, 1.165) is 5.69 Å². The molecule has 3 aromatic rings. The van der Waals surface area contributed by atoms with Crippen molar-refractivity contribution in [3.05, 3.63) is 71.9 Å². The zero-order valence-corrected chi connectivity index (χ0v) is 12.3. The molecule has 0 unspecified atom stereocenters. The van der Waals surface area contributed by atoms with Gasteiger partial charge in [0.1, 0.15) is 17.5 Å². The van der Waals surface area contributed by atoms with Gasteiger partial charge >= 0.3 is 0 Å². The van der Waals surface area contributed by atoms with E-state index < -0.39 is 0 Å². The molecule has 4 nitrogen and oxygen atoms in total. The van der Waals surface area contributed by atoms with Crippen molar-refractivity contribution in [2.75, 3.05) is 10.6 Å². The van der Waals surface area contributed by atoms with Gasteiger partial charge in [0.15, 0.2) is 0 Å². The van der Waals surface area contributed by atoms with Crippen molar-refractivity contribution < 1.29 is 8.78 Å². The van der Waals surface area contributed by atoms with Crippen LogP contribution in [0, 0.1) is 18.6 Å². The minimum atomic E-state index is -0.328. The van der Waals surface area contributed by atoms with Crippen LogP contribution in [0.1, 0.15) is 5.69 Å². The number of halogens is 2. The third-order valence-corrected chi connectivity index (χ3v) is 3.05. The highest BCUT2D eigenvalue weighted by atomic mass is 19.1. The van der Waals surface area contributed by atoms with Crippen LogP contribution < -0.4 is 10.6 Å². The van der Waals surface area contributed by atoms with Gasteiger partial charge < -0.3 is 10.6 Å². The first-order valence-electron chi connectivity index (χ1n) is 6.99. The standard InChI is InChI=1S/C17H14F2N4/c1-11-9-16(21-15-4-2-3-13(19)10-15)23-17(20-11)22-14-7-5-12(18)6-8-14/h2-10H,1H3,(H2,20,21,22,23). The fourth-order valence-electron chi connectivity index (χ4n) is 2.06. The third kappa shape index (κ3) is 4.00. The van der Waals surface area contributed by atoms with Crippen LogP contribution in [0.5, 0.6) is 0 Å². The Morgan fingerprint density at radius 3 is 2.30 bits per heavy atom. The normalized spacial score (nSPS) is 10.4. The fraction of sp³-hybridized carbons (Fsp3) is 0.0588. The smallest absolute Gasteiger partial charge is 0.229 e. The summed E-state index contributed by atoms with van der Waals surface area (Å²) in [4.78, 5) is 8.61. The van der Waals surface area contributed by atoms with Crippen LogP contribution in [-0.2, 0) is 0 Å². The Balaban J connectivity index is 1.82. The minimum Gasteiger partial charge on any atom is -0.340 e. The quantitative estimate of drug-likeness (QED) is 0.742. The van der Waals surface area contributed by atoms with Gasteiger partial charge in [-0.15, -0.1) is 0 Å². The van der Waals surface area contributed by atoms with Crippen molar-refractivity contribution in [2.24, 2.45) is 0 Å². The summed E-state index contributed by atoms with van der Waals surface area (Å²) in [5.41, 5.74) is 2.01. The summed E-state index contributed by atoms with van der Waals surface area (Å²) in [6.45, 7) is 1.83. The van der Waals surface area contributed by atoms with Gasteiger partial charge in [-0.2, -0.15) is 4.98 Å². The molecule has 1 heterocycles. The Bertz CT molecular complexity index is 819. The lowest BCUT2D eigenvalue weighted by Crippen LogP contribution is -2.02. The van der Waals surface area contributed by atoms with E-state index in [9.17, 15) is 8.78 Å². The van der Waals surface area contributed by atoms with Crippen molar-refractivity contribution in [1.29, 1.82) is 0 Å². The molecule has 0 aliphatic carbocycles. The first-order chi connectivity index (χ1) is 11.1. The molecule has 1 aromatic heterocycles. The largest absolute Gasteiger partial charge is 0.340 e. The summed E-state index contributed by atoms with van der Waals surface area (Å²) in [5.74, 6) is 0.267. The van der Waals surface area contributed by atoms with Crippen LogP contribution in [0.2, 0.25) is 0 Å². The molecule has 0 amide bonds. The van der Waals surface area contributed by atoms with Gasteiger partial charge in [-0.3, -0.25) is 0 Å². The second-order valence-electron chi connectivity index (χ2n) is 4.99. The predicted molar refractivity (Wildman–Crippen MR) is 86.1 cm³/mol. The molecule has 2 aromatic carbocycles. The lowest BCUT2D eigenvalue weighted by molar-refractivity contribution is 0.627. The molecule has 6 heteroatoms. The molecule has 0 bridgehead atoms. The molecule has 116 valence electrons. The van der Waals surface area contributed by atoms with Gasteiger partial charge in [0, 0.05) is 23.1 Å². The Labute approximate surface area is 132 Å². The minimum absolute atomic E-state index is 0.311. The molecule has 2 N–H and O–H groups in total. The number of nitrogens with zero attached hydrogens (tertiary/aromatic N) is 2. The van der Waals surface area contributed by atoms with Crippen LogP contribution in [0.15, 0.2) is 54.6 Å². The zero-order chi connectivity index (χ0) is 16.2. The van der Waals surface area contributed by atoms with E-state index in [4.69, 9.17) is 0 Å². The highest BCUT2D eigenvalue weighted by Crippen LogP contribution is 2.19. The number of benzene rings is 2. The van der Waals surface area contributed by atoms with Gasteiger partial charge in [0.25, 0.3) is 0 Å². The third-order valence-electron chi connectivity index (χ3n) is 3.05. The van der Waals surface area contributed by atoms with E-state index in [-0.39, 0.29) is 11.6 Å². The molecule has 0 atom stereocenters. The lowest BCUT2D eigenvalue weighted by atomic mass is 10.3. The van der Waals surface area contributed by atoms with Crippen LogP contribution in [0.25, 0.3) is 0 Å². The van der Waals surface area contributed by atoms with Crippen molar-refractivity contribution in [3.8, 4) is 0 Å². The fourth-order valence-corrected chi connectivity index (χ4v) is 2.06. The maximum Gasteiger partial charge on any atom is 0.229 e. The summed E-state index contributed by atoms with van der Waals surface area (Å²) in [6.07, 6.45) is 0. The summed E-state index contributed by atoms with van der Waals surface area (Å²) in [7, 11) is 0. The van der Waals surface area contributed by atoms with Gasteiger partial charge in [-0.05, 0) is 49.4 Å². The monoisotopic (exact) mass is 312 g/mol. The van der Waals surface area contributed by atoms with Crippen LogP contribution in [0.3, 0.4) is 0 Å². The number of aromatic nitrogens is 2. The molecule has 3 rings (SSSR count). The van der Waals surface area contributed by atoms with Crippen LogP contribution in [0.4, 0.5) is 31.9 Å². The molecule has 0 aliphatic rings. The zero-order valence-electron chi connectivity index (χ0n) is 12.3. The van der Waals surface area contributed by atoms with E-state index >= 15 is 0 Å². The average molecular weight is 312 g/mol. The number of hydrogen-bond donors (Lipinski definition) is 2. The van der Waals surface area contributed by atoms with E-state index in [2.05, 4.69) is 20.6 Å². The summed E-state index contributed by atoms with van der Waals surface area (Å²) in [6, 6.07) is 13.8. The molecule has 0 radical (unpaired) electrons. The molecule has 0 saturated heterocycles. The highest BCUT2D eigenvalue weighted by Gasteiger charge is 2.04. The second-order valence-corrected chi connectivity index (χ2v) is 4.99. The molecule has 23 heavy (non-hydrogen) atoms. The molecule has 0 spiro atoms. The number of nitrogens with one attached hydrogen (secondary N) is 2.